The van der Waals surface area contributed by atoms with Crippen molar-refractivity contribution in [3.8, 4) is 5.75 Å². The number of carbonyl (C=O) groups is 2. The number of primary amides is 1. The second kappa shape index (κ2) is 11.0. The number of fused-ring (bicyclic) bond motifs is 1. The number of rotatable bonds is 11. The van der Waals surface area contributed by atoms with Gasteiger partial charge in [0.1, 0.15) is 23.4 Å². The Kier molecular flexibility index (Phi) is 8.07. The Hall–Kier alpha value is -3.06. The summed E-state index contributed by atoms with van der Waals surface area (Å²) in [6.45, 7) is 3.92. The van der Waals surface area contributed by atoms with E-state index in [-0.39, 0.29) is 46.5 Å². The van der Waals surface area contributed by atoms with Gasteiger partial charge in [0.05, 0.1) is 16.5 Å². The minimum absolute atomic E-state index is 0.00929. The van der Waals surface area contributed by atoms with E-state index in [1.54, 1.807) is 19.9 Å². The monoisotopic (exact) mass is 553 g/mol. The van der Waals surface area contributed by atoms with E-state index in [4.69, 9.17) is 15.2 Å². The van der Waals surface area contributed by atoms with Crippen LogP contribution in [-0.4, -0.2) is 56.4 Å². The molecule has 0 spiro atoms. The Labute approximate surface area is 223 Å². The van der Waals surface area contributed by atoms with Crippen molar-refractivity contribution in [3.05, 3.63) is 34.7 Å². The molecule has 0 bridgehead atoms. The Balaban J connectivity index is 1.35. The summed E-state index contributed by atoms with van der Waals surface area (Å²) < 4.78 is 39.3. The number of hydrogen-bond donors (Lipinski definition) is 4. The number of nitrogens with two attached hydrogens (primary N) is 1. The van der Waals surface area contributed by atoms with Gasteiger partial charge < -0.3 is 30.9 Å². The molecular formula is C25H33F2N5O5S. The lowest BCUT2D eigenvalue weighted by atomic mass is 9.78. The third-order valence-electron chi connectivity index (χ3n) is 6.27. The van der Waals surface area contributed by atoms with Gasteiger partial charge in [0.2, 0.25) is 5.88 Å². The van der Waals surface area contributed by atoms with Crippen LogP contribution in [0.3, 0.4) is 0 Å². The Morgan fingerprint density at radius 3 is 2.71 bits per heavy atom. The van der Waals surface area contributed by atoms with E-state index in [1.807, 2.05) is 13.8 Å². The second-order valence-corrected chi connectivity index (χ2v) is 11.8. The maximum absolute atomic E-state index is 13.7. The summed E-state index contributed by atoms with van der Waals surface area (Å²) in [7, 11) is 0. The van der Waals surface area contributed by atoms with Gasteiger partial charge >= 0.3 is 6.55 Å². The first-order valence-electron chi connectivity index (χ1n) is 12.4. The number of carbonyl (C=O) groups excluding carboxylic acids is 2. The van der Waals surface area contributed by atoms with E-state index in [1.165, 1.54) is 23.9 Å². The van der Waals surface area contributed by atoms with Crippen LogP contribution in [0.15, 0.2) is 29.0 Å². The molecule has 0 radical (unpaired) electrons. The zero-order valence-electron chi connectivity index (χ0n) is 21.7. The van der Waals surface area contributed by atoms with Gasteiger partial charge in [-0.2, -0.15) is 13.9 Å². The first kappa shape index (κ1) is 28.0. The van der Waals surface area contributed by atoms with Crippen LogP contribution in [-0.2, 0) is 9.53 Å². The highest BCUT2D eigenvalue weighted by atomic mass is 32.2. The Bertz CT molecular complexity index is 1240. The number of amides is 2. The highest BCUT2D eigenvalue weighted by Gasteiger charge is 2.36. The molecule has 1 aliphatic carbocycles. The van der Waals surface area contributed by atoms with Crippen molar-refractivity contribution in [2.24, 2.45) is 11.7 Å². The molecule has 1 unspecified atom stereocenters. The minimum Gasteiger partial charge on any atom is -0.491 e. The van der Waals surface area contributed by atoms with Gasteiger partial charge in [-0.05, 0) is 65.0 Å². The van der Waals surface area contributed by atoms with E-state index in [0.717, 1.165) is 12.8 Å². The maximum Gasteiger partial charge on any atom is 0.333 e. The molecule has 38 heavy (non-hydrogen) atoms. The van der Waals surface area contributed by atoms with Gasteiger partial charge in [0.15, 0.2) is 5.69 Å². The third kappa shape index (κ3) is 6.49. The van der Waals surface area contributed by atoms with Gasteiger partial charge in [0.25, 0.3) is 11.8 Å². The zero-order chi connectivity index (χ0) is 27.8. The summed E-state index contributed by atoms with van der Waals surface area (Å²) in [6.07, 6.45) is 2.14. The number of benzene rings is 1. The molecule has 208 valence electrons. The zero-order valence-corrected chi connectivity index (χ0v) is 22.5. The summed E-state index contributed by atoms with van der Waals surface area (Å²) in [4.78, 5) is 25.0. The normalized spacial score (nSPS) is 22.3. The van der Waals surface area contributed by atoms with Crippen LogP contribution in [0.25, 0.3) is 10.9 Å². The average Bonchev–Trinajstić information content (AvgIpc) is 3.36. The molecule has 13 heteroatoms. The fourth-order valence-corrected chi connectivity index (χ4v) is 5.38. The largest absolute Gasteiger partial charge is 0.491 e. The first-order chi connectivity index (χ1) is 17.8. The molecule has 1 fully saturated rings. The van der Waals surface area contributed by atoms with E-state index < -0.39 is 24.0 Å². The predicted octanol–water partition coefficient (Wildman–Crippen LogP) is 3.22. The van der Waals surface area contributed by atoms with Crippen LogP contribution in [0, 0.1) is 5.92 Å². The van der Waals surface area contributed by atoms with Gasteiger partial charge in [0, 0.05) is 17.5 Å². The van der Waals surface area contributed by atoms with Crippen molar-refractivity contribution in [3.63, 3.8) is 0 Å². The van der Waals surface area contributed by atoms with Crippen LogP contribution in [0.5, 0.6) is 5.75 Å². The lowest BCUT2D eigenvalue weighted by molar-refractivity contribution is -0.114. The fraction of sp³-hybridized carbons (Fsp3) is 0.560. The summed E-state index contributed by atoms with van der Waals surface area (Å²) in [6, 6.07) is 4.22. The highest BCUT2D eigenvalue weighted by molar-refractivity contribution is 8.04. The lowest BCUT2D eigenvalue weighted by Gasteiger charge is -2.37. The van der Waals surface area contributed by atoms with Crippen molar-refractivity contribution < 1.29 is 33.0 Å². The van der Waals surface area contributed by atoms with Crippen molar-refractivity contribution >= 4 is 34.5 Å². The molecule has 2 atom stereocenters. The first-order valence-corrected chi connectivity index (χ1v) is 13.3. The van der Waals surface area contributed by atoms with Crippen LogP contribution >= 0.6 is 11.8 Å². The molecule has 2 aliphatic rings. The van der Waals surface area contributed by atoms with Crippen LogP contribution in [0.1, 0.15) is 64.0 Å². The van der Waals surface area contributed by atoms with Crippen molar-refractivity contribution in [1.29, 1.82) is 0 Å². The third-order valence-corrected chi connectivity index (χ3v) is 7.36. The molecular weight excluding hydrogens is 520 g/mol. The van der Waals surface area contributed by atoms with Gasteiger partial charge in [-0.25, -0.2) is 4.68 Å². The molecule has 1 aromatic carbocycles. The number of ether oxygens (including phenoxy) is 2. The smallest absolute Gasteiger partial charge is 0.333 e. The predicted molar refractivity (Wildman–Crippen MR) is 138 cm³/mol. The van der Waals surface area contributed by atoms with Crippen molar-refractivity contribution in [2.45, 2.75) is 76.6 Å². The SMILES string of the molecule is CC1NC(OC2CC(C[C@H](C)NC(=O)c3nn(C(F)F)c4cc(OCC(C)(C)O)ccc34)C2)=C(C(N)=O)S1. The fourth-order valence-electron chi connectivity index (χ4n) is 4.53. The number of nitrogens with one attached hydrogen (secondary N) is 2. The van der Waals surface area contributed by atoms with E-state index >= 15 is 0 Å². The number of aromatic nitrogens is 2. The Morgan fingerprint density at radius 1 is 1.37 bits per heavy atom. The number of halogens is 2. The quantitative estimate of drug-likeness (QED) is 0.333. The molecule has 2 amide bonds. The number of alkyl halides is 2. The summed E-state index contributed by atoms with van der Waals surface area (Å²) in [5, 5.41) is 20.0. The standard InChI is InChI=1S/C25H33F2N5O5S/c1-12(7-14-8-16(9-14)37-23-20(21(28)33)38-13(2)30-23)29-22(34)19-17-6-5-15(36-11-25(3,4)35)10-18(17)32(31-19)24(26)27/h5-6,10,12-14,16,24,30,35H,7-9,11H2,1-4H3,(H2,28,33)(H,29,34)/t12-,13?,14?,16?/m0/s1. The molecule has 1 aliphatic heterocycles. The second-order valence-electron chi connectivity index (χ2n) is 10.5. The molecule has 1 aromatic heterocycles. The van der Waals surface area contributed by atoms with Crippen LogP contribution < -0.4 is 21.1 Å². The van der Waals surface area contributed by atoms with E-state index in [9.17, 15) is 23.5 Å². The number of aliphatic hydroxyl groups is 1. The molecule has 5 N–H and O–H groups in total. The molecule has 0 saturated heterocycles. The van der Waals surface area contributed by atoms with Crippen molar-refractivity contribution in [2.75, 3.05) is 6.61 Å². The number of thioether (sulfide) groups is 1. The molecule has 1 saturated carbocycles. The highest BCUT2D eigenvalue weighted by Crippen LogP contribution is 2.38. The van der Waals surface area contributed by atoms with Crippen LogP contribution in [0.2, 0.25) is 0 Å². The number of nitrogens with zero attached hydrogens (tertiary/aromatic N) is 2. The van der Waals surface area contributed by atoms with E-state index in [0.29, 0.717) is 27.8 Å². The molecule has 10 nitrogen and oxygen atoms in total. The Morgan fingerprint density at radius 2 is 2.08 bits per heavy atom. The maximum atomic E-state index is 13.7. The summed E-state index contributed by atoms with van der Waals surface area (Å²) in [5.41, 5.74) is 4.29. The molecule has 2 aromatic rings. The molecule has 2 heterocycles. The topological polar surface area (TPSA) is 141 Å². The van der Waals surface area contributed by atoms with Gasteiger partial charge in [-0.1, -0.05) is 11.8 Å². The van der Waals surface area contributed by atoms with Crippen molar-refractivity contribution in [1.82, 2.24) is 20.4 Å². The minimum atomic E-state index is -2.95. The summed E-state index contributed by atoms with van der Waals surface area (Å²) in [5.74, 6) is -0.0615. The average molecular weight is 554 g/mol. The number of hydrogen-bond acceptors (Lipinski definition) is 8. The molecule has 4 rings (SSSR count). The van der Waals surface area contributed by atoms with Crippen LogP contribution in [0.4, 0.5) is 8.78 Å². The summed E-state index contributed by atoms with van der Waals surface area (Å²) >= 11 is 1.33. The van der Waals surface area contributed by atoms with Gasteiger partial charge in [-0.15, -0.1) is 0 Å². The lowest BCUT2D eigenvalue weighted by Crippen LogP contribution is -2.40. The van der Waals surface area contributed by atoms with Gasteiger partial charge in [-0.3, -0.25) is 9.59 Å². The van der Waals surface area contributed by atoms with E-state index in [2.05, 4.69) is 15.7 Å².